The highest BCUT2D eigenvalue weighted by Gasteiger charge is 2.23. The quantitative estimate of drug-likeness (QED) is 0.574. The number of hydrogen-bond donors (Lipinski definition) is 1. The Morgan fingerprint density at radius 1 is 1.12 bits per heavy atom. The Morgan fingerprint density at radius 2 is 2.00 bits per heavy atom. The largest absolute Gasteiger partial charge is 0.492 e. The predicted molar refractivity (Wildman–Crippen MR) is 104 cm³/mol. The lowest BCUT2D eigenvalue weighted by molar-refractivity contribution is 0.326. The van der Waals surface area contributed by atoms with Crippen molar-refractivity contribution in [3.8, 4) is 5.75 Å². The number of thiophene rings is 1. The zero-order valence-corrected chi connectivity index (χ0v) is 15.4. The smallest absolute Gasteiger partial charge is 0.277 e. The summed E-state index contributed by atoms with van der Waals surface area (Å²) in [6.07, 6.45) is 1.63. The molecule has 0 saturated carbocycles. The van der Waals surface area contributed by atoms with Crippen LogP contribution in [0.5, 0.6) is 5.75 Å². The van der Waals surface area contributed by atoms with E-state index in [1.165, 1.54) is 15.3 Å². The van der Waals surface area contributed by atoms with Crippen LogP contribution in [0.25, 0.3) is 21.0 Å². The maximum Gasteiger partial charge on any atom is 0.277 e. The third kappa shape index (κ3) is 2.35. The Balaban J connectivity index is 1.69. The molecule has 26 heavy (non-hydrogen) atoms. The highest BCUT2D eigenvalue weighted by Crippen LogP contribution is 2.34. The van der Waals surface area contributed by atoms with Crippen LogP contribution in [0.3, 0.4) is 0 Å². The number of aromatic nitrogens is 1. The van der Waals surface area contributed by atoms with Crippen molar-refractivity contribution in [2.24, 2.45) is 0 Å². The highest BCUT2D eigenvalue weighted by atomic mass is 32.2. The molecule has 4 aromatic rings. The average molecular weight is 384 g/mol. The number of ether oxygens (including phenoxy) is 1. The molecule has 0 radical (unpaired) electrons. The van der Waals surface area contributed by atoms with E-state index >= 15 is 0 Å². The Morgan fingerprint density at radius 3 is 2.88 bits per heavy atom. The van der Waals surface area contributed by atoms with Gasteiger partial charge in [-0.25, -0.2) is 3.97 Å². The molecule has 0 atom stereocenters. The summed E-state index contributed by atoms with van der Waals surface area (Å²) < 4.78 is 34.9. The van der Waals surface area contributed by atoms with Crippen LogP contribution in [0.4, 0.5) is 0 Å². The third-order valence-electron chi connectivity index (χ3n) is 4.66. The van der Waals surface area contributed by atoms with Crippen LogP contribution in [-0.2, 0) is 16.6 Å². The number of hydrogen-bond acceptors (Lipinski definition) is 5. The molecule has 0 spiro atoms. The second-order valence-electron chi connectivity index (χ2n) is 6.22. The van der Waals surface area contributed by atoms with Gasteiger partial charge in [0.2, 0.25) is 0 Å². The minimum Gasteiger partial charge on any atom is -0.492 e. The standard InChI is InChI=1S/C19H16N2O3S2/c22-26(23,19-11-13-3-1-2-4-18(13)25-19)21-9-7-14-15-12-20-8-10-24-17(15)6-5-16(14)21/h1-7,9,11,20H,8,10,12H2. The topological polar surface area (TPSA) is 60.3 Å². The van der Waals surface area contributed by atoms with E-state index in [1.54, 1.807) is 12.3 Å². The maximum atomic E-state index is 13.2. The van der Waals surface area contributed by atoms with Gasteiger partial charge in [0.25, 0.3) is 10.0 Å². The summed E-state index contributed by atoms with van der Waals surface area (Å²) in [6, 6.07) is 15.0. The molecule has 5 nitrogen and oxygen atoms in total. The van der Waals surface area contributed by atoms with E-state index in [-0.39, 0.29) is 0 Å². The molecular weight excluding hydrogens is 368 g/mol. The van der Waals surface area contributed by atoms with E-state index in [4.69, 9.17) is 4.74 Å². The van der Waals surface area contributed by atoms with E-state index in [0.717, 1.165) is 33.3 Å². The monoisotopic (exact) mass is 384 g/mol. The molecule has 0 fully saturated rings. The first kappa shape index (κ1) is 15.9. The van der Waals surface area contributed by atoms with Gasteiger partial charge < -0.3 is 10.1 Å². The van der Waals surface area contributed by atoms with Gasteiger partial charge in [0, 0.05) is 34.9 Å². The molecule has 5 rings (SSSR count). The van der Waals surface area contributed by atoms with E-state index in [9.17, 15) is 8.42 Å². The summed E-state index contributed by atoms with van der Waals surface area (Å²) in [7, 11) is -3.65. The minimum absolute atomic E-state index is 0.348. The van der Waals surface area contributed by atoms with Crippen LogP contribution in [-0.4, -0.2) is 25.5 Å². The van der Waals surface area contributed by atoms with Gasteiger partial charge in [-0.15, -0.1) is 11.3 Å². The van der Waals surface area contributed by atoms with Crippen LogP contribution < -0.4 is 10.1 Å². The molecule has 0 bridgehead atoms. The Kier molecular flexibility index (Phi) is 3.56. The SMILES string of the molecule is O=S(=O)(c1cc2ccccc2s1)n1ccc2c3c(ccc21)OCCNC3. The minimum atomic E-state index is -3.65. The van der Waals surface area contributed by atoms with Crippen LogP contribution in [0, 0.1) is 0 Å². The predicted octanol–water partition coefficient (Wildman–Crippen LogP) is 3.58. The van der Waals surface area contributed by atoms with Crippen molar-refractivity contribution >= 4 is 42.3 Å². The van der Waals surface area contributed by atoms with Gasteiger partial charge >= 0.3 is 0 Å². The summed E-state index contributed by atoms with van der Waals surface area (Å²) in [6.45, 7) is 2.05. The second-order valence-corrected chi connectivity index (χ2v) is 9.35. The molecular formula is C19H16N2O3S2. The summed E-state index contributed by atoms with van der Waals surface area (Å²) in [4.78, 5) is 0. The van der Waals surface area contributed by atoms with Crippen LogP contribution in [0.1, 0.15) is 5.56 Å². The van der Waals surface area contributed by atoms with Gasteiger partial charge in [0.1, 0.15) is 16.6 Å². The number of nitrogens with one attached hydrogen (secondary N) is 1. The fourth-order valence-corrected chi connectivity index (χ4v) is 6.22. The molecule has 3 heterocycles. The molecule has 0 amide bonds. The summed E-state index contributed by atoms with van der Waals surface area (Å²) >= 11 is 1.30. The first-order chi connectivity index (χ1) is 12.6. The van der Waals surface area contributed by atoms with E-state index in [2.05, 4.69) is 5.32 Å². The van der Waals surface area contributed by atoms with Gasteiger partial charge in [-0.3, -0.25) is 0 Å². The van der Waals surface area contributed by atoms with Crippen molar-refractivity contribution in [3.05, 3.63) is 60.3 Å². The van der Waals surface area contributed by atoms with Gasteiger partial charge in [-0.05, 0) is 35.7 Å². The molecule has 1 aliphatic heterocycles. The second kappa shape index (κ2) is 5.84. The summed E-state index contributed by atoms with van der Waals surface area (Å²) in [5, 5.41) is 5.16. The molecule has 0 unspecified atom stereocenters. The van der Waals surface area contributed by atoms with Gasteiger partial charge in [-0.2, -0.15) is 8.42 Å². The lowest BCUT2D eigenvalue weighted by Gasteiger charge is -2.10. The maximum absolute atomic E-state index is 13.2. The first-order valence-electron chi connectivity index (χ1n) is 8.35. The zero-order valence-electron chi connectivity index (χ0n) is 13.8. The van der Waals surface area contributed by atoms with Gasteiger partial charge in [0.15, 0.2) is 0 Å². The normalized spacial score (nSPS) is 14.9. The fourth-order valence-electron chi connectivity index (χ4n) is 3.39. The summed E-state index contributed by atoms with van der Waals surface area (Å²) in [5.74, 6) is 0.819. The molecule has 132 valence electrons. The van der Waals surface area contributed by atoms with Crippen molar-refractivity contribution in [1.82, 2.24) is 9.29 Å². The molecule has 0 aliphatic carbocycles. The molecule has 0 saturated heterocycles. The molecule has 2 aromatic heterocycles. The van der Waals surface area contributed by atoms with Crippen LogP contribution in [0.2, 0.25) is 0 Å². The number of benzene rings is 2. The average Bonchev–Trinajstić information content (AvgIpc) is 3.20. The van der Waals surface area contributed by atoms with Crippen molar-refractivity contribution in [2.45, 2.75) is 10.8 Å². The van der Waals surface area contributed by atoms with E-state index < -0.39 is 10.0 Å². The molecule has 1 aliphatic rings. The highest BCUT2D eigenvalue weighted by molar-refractivity contribution is 7.92. The number of rotatable bonds is 2. The lowest BCUT2D eigenvalue weighted by Crippen LogP contribution is -2.16. The molecule has 1 N–H and O–H groups in total. The third-order valence-corrected chi connectivity index (χ3v) is 7.91. The molecule has 7 heteroatoms. The van der Waals surface area contributed by atoms with Gasteiger partial charge in [-0.1, -0.05) is 18.2 Å². The fraction of sp³-hybridized carbons (Fsp3) is 0.158. The van der Waals surface area contributed by atoms with Crippen molar-refractivity contribution < 1.29 is 13.2 Å². The molecule has 2 aromatic carbocycles. The van der Waals surface area contributed by atoms with E-state index in [1.807, 2.05) is 42.5 Å². The van der Waals surface area contributed by atoms with Crippen LogP contribution >= 0.6 is 11.3 Å². The Bertz CT molecular complexity index is 1210. The summed E-state index contributed by atoms with van der Waals surface area (Å²) in [5.41, 5.74) is 1.68. The number of nitrogens with zero attached hydrogens (tertiary/aromatic N) is 1. The zero-order chi connectivity index (χ0) is 17.7. The van der Waals surface area contributed by atoms with Crippen molar-refractivity contribution in [2.75, 3.05) is 13.2 Å². The van der Waals surface area contributed by atoms with Crippen molar-refractivity contribution in [3.63, 3.8) is 0 Å². The van der Waals surface area contributed by atoms with Gasteiger partial charge in [0.05, 0.1) is 5.52 Å². The Labute approximate surface area is 154 Å². The van der Waals surface area contributed by atoms with Crippen LogP contribution in [0.15, 0.2) is 58.9 Å². The van der Waals surface area contributed by atoms with Crippen molar-refractivity contribution in [1.29, 1.82) is 0 Å². The lowest BCUT2D eigenvalue weighted by atomic mass is 10.1. The number of fused-ring (bicyclic) bond motifs is 4. The first-order valence-corrected chi connectivity index (χ1v) is 10.6. The Hall–Kier alpha value is -2.35. The van der Waals surface area contributed by atoms with E-state index in [0.29, 0.717) is 22.9 Å².